The number of nitrogens with zero attached hydrogens (tertiary/aromatic N) is 4. The molecule has 7 nitrogen and oxygen atoms in total. The van der Waals surface area contributed by atoms with Gasteiger partial charge in [0.1, 0.15) is 11.6 Å². The highest BCUT2D eigenvalue weighted by molar-refractivity contribution is 5.95. The molecule has 8 rings (SSSR count). The molecule has 1 aromatic heterocycles. The van der Waals surface area contributed by atoms with Crippen LogP contribution in [0, 0.1) is 29.0 Å². The van der Waals surface area contributed by atoms with Crippen LogP contribution in [0.4, 0.5) is 10.1 Å². The molecule has 1 aliphatic heterocycles. The van der Waals surface area contributed by atoms with Gasteiger partial charge in [0.2, 0.25) is 0 Å². The Bertz CT molecular complexity index is 1530. The first kappa shape index (κ1) is 29.8. The summed E-state index contributed by atoms with van der Waals surface area (Å²) in [5.74, 6) is 2.67. The summed E-state index contributed by atoms with van der Waals surface area (Å²) in [5, 5.41) is 0. The number of carbonyl (C=O) groups is 2. The number of halogens is 1. The van der Waals surface area contributed by atoms with Crippen LogP contribution in [0.3, 0.4) is 0 Å². The van der Waals surface area contributed by atoms with E-state index in [-0.39, 0.29) is 11.8 Å². The Morgan fingerprint density at radius 1 is 0.911 bits per heavy atom. The zero-order chi connectivity index (χ0) is 31.1. The van der Waals surface area contributed by atoms with Crippen molar-refractivity contribution in [2.75, 3.05) is 51.3 Å². The van der Waals surface area contributed by atoms with E-state index in [1.807, 2.05) is 43.1 Å². The molecule has 236 valence electrons. The van der Waals surface area contributed by atoms with Gasteiger partial charge in [-0.15, -0.1) is 0 Å². The van der Waals surface area contributed by atoms with Gasteiger partial charge in [0, 0.05) is 73.9 Å². The average Bonchev–Trinajstić information content (AvgIpc) is 3.03. The molecule has 8 heteroatoms. The van der Waals surface area contributed by atoms with Gasteiger partial charge >= 0.3 is 0 Å². The zero-order valence-corrected chi connectivity index (χ0v) is 26.4. The summed E-state index contributed by atoms with van der Waals surface area (Å²) in [6.07, 6.45) is 11.3. The van der Waals surface area contributed by atoms with Crippen LogP contribution in [-0.4, -0.2) is 73.0 Å². The van der Waals surface area contributed by atoms with Crippen molar-refractivity contribution in [2.45, 2.75) is 45.4 Å². The quantitative estimate of drug-likeness (QED) is 0.290. The van der Waals surface area contributed by atoms with Gasteiger partial charge in [-0.25, -0.2) is 4.39 Å². The number of carbonyl (C=O) groups excluding carboxylic acids is 2. The van der Waals surface area contributed by atoms with Crippen molar-refractivity contribution in [1.82, 2.24) is 14.8 Å². The van der Waals surface area contributed by atoms with Crippen LogP contribution in [0.25, 0.3) is 11.1 Å². The molecule has 0 spiro atoms. The first-order valence-electron chi connectivity index (χ1n) is 16.6. The molecule has 2 amide bonds. The van der Waals surface area contributed by atoms with Crippen molar-refractivity contribution in [3.8, 4) is 16.9 Å². The number of benzene rings is 2. The lowest BCUT2D eigenvalue weighted by molar-refractivity contribution is -0.0629. The highest BCUT2D eigenvalue weighted by atomic mass is 19.1. The van der Waals surface area contributed by atoms with E-state index in [1.165, 1.54) is 44.6 Å². The van der Waals surface area contributed by atoms with E-state index in [1.54, 1.807) is 35.5 Å². The van der Waals surface area contributed by atoms with Crippen molar-refractivity contribution in [2.24, 2.45) is 23.2 Å². The van der Waals surface area contributed by atoms with Gasteiger partial charge < -0.3 is 19.4 Å². The highest BCUT2D eigenvalue weighted by Gasteiger charge is 2.51. The second-order valence-corrected chi connectivity index (χ2v) is 13.9. The first-order valence-corrected chi connectivity index (χ1v) is 16.6. The van der Waals surface area contributed by atoms with E-state index in [4.69, 9.17) is 4.74 Å². The molecule has 45 heavy (non-hydrogen) atoms. The van der Waals surface area contributed by atoms with Gasteiger partial charge in [-0.2, -0.15) is 0 Å². The number of hydrogen-bond donors (Lipinski definition) is 0. The second-order valence-electron chi connectivity index (χ2n) is 13.9. The molecule has 2 heterocycles. The van der Waals surface area contributed by atoms with Crippen molar-refractivity contribution >= 4 is 17.5 Å². The van der Waals surface area contributed by atoms with E-state index in [2.05, 4.69) is 9.88 Å². The minimum absolute atomic E-state index is 0.101. The molecule has 2 aromatic carbocycles. The second kappa shape index (κ2) is 12.1. The predicted octanol–water partition coefficient (Wildman–Crippen LogP) is 6.54. The lowest BCUT2D eigenvalue weighted by atomic mass is 9.49. The molecule has 5 aliphatic rings. The number of rotatable bonds is 8. The number of amides is 2. The molecular weight excluding hydrogens is 567 g/mol. The third kappa shape index (κ3) is 6.03. The fourth-order valence-electron chi connectivity index (χ4n) is 9.14. The Morgan fingerprint density at radius 3 is 2.18 bits per heavy atom. The van der Waals surface area contributed by atoms with Gasteiger partial charge in [0.25, 0.3) is 11.8 Å². The lowest BCUT2D eigenvalue weighted by Gasteiger charge is -2.57. The third-order valence-corrected chi connectivity index (χ3v) is 10.7. The van der Waals surface area contributed by atoms with E-state index in [9.17, 15) is 9.59 Å². The van der Waals surface area contributed by atoms with Crippen LogP contribution < -0.4 is 9.64 Å². The van der Waals surface area contributed by atoms with Gasteiger partial charge in [-0.05, 0) is 111 Å². The number of hydrogen-bond acceptors (Lipinski definition) is 5. The van der Waals surface area contributed by atoms with Crippen molar-refractivity contribution in [1.29, 1.82) is 0 Å². The van der Waals surface area contributed by atoms with Crippen LogP contribution >= 0.6 is 0 Å². The zero-order valence-electron chi connectivity index (χ0n) is 26.4. The summed E-state index contributed by atoms with van der Waals surface area (Å²) >= 11 is 0. The Hall–Kier alpha value is -3.94. The fraction of sp³-hybridized carbons (Fsp3) is 0.486. The smallest absolute Gasteiger partial charge is 0.254 e. The summed E-state index contributed by atoms with van der Waals surface area (Å²) in [4.78, 5) is 36.8. The molecule has 1 saturated heterocycles. The molecular formula is C37H43FN4O3. The Morgan fingerprint density at radius 2 is 1.56 bits per heavy atom. The predicted molar refractivity (Wildman–Crippen MR) is 173 cm³/mol. The Labute approximate surface area is 265 Å². The van der Waals surface area contributed by atoms with Gasteiger partial charge in [0.05, 0.1) is 12.8 Å². The van der Waals surface area contributed by atoms with Crippen LogP contribution in [0.15, 0.2) is 60.9 Å². The number of ether oxygens (including phenoxy) is 1. The topological polar surface area (TPSA) is 66.0 Å². The molecule has 3 aromatic rings. The summed E-state index contributed by atoms with van der Waals surface area (Å²) in [6.45, 7) is 5.67. The number of anilines is 1. The van der Waals surface area contributed by atoms with E-state index in [0.29, 0.717) is 60.6 Å². The lowest BCUT2D eigenvalue weighted by Crippen LogP contribution is -2.51. The van der Waals surface area contributed by atoms with E-state index < -0.39 is 5.82 Å². The SMILES string of the molecule is CCOc1cncc(-c2ccc(C(=O)N3CCN(c4ccc(C(=O)N(C)CC56CC7CC(CC(C7)C5)C6)cc4)CC3)cc2F)c1. The van der Waals surface area contributed by atoms with Crippen LogP contribution in [-0.2, 0) is 0 Å². The molecule has 5 fully saturated rings. The van der Waals surface area contributed by atoms with Crippen LogP contribution in [0.5, 0.6) is 5.75 Å². The highest BCUT2D eigenvalue weighted by Crippen LogP contribution is 2.60. The third-order valence-electron chi connectivity index (χ3n) is 10.7. The summed E-state index contributed by atoms with van der Waals surface area (Å²) in [6, 6.07) is 14.3. The van der Waals surface area contributed by atoms with E-state index >= 15 is 4.39 Å². The maximum atomic E-state index is 15.1. The fourth-order valence-corrected chi connectivity index (χ4v) is 9.14. The number of aromatic nitrogens is 1. The molecule has 0 atom stereocenters. The molecule has 0 radical (unpaired) electrons. The molecule has 0 unspecified atom stereocenters. The van der Waals surface area contributed by atoms with E-state index in [0.717, 1.165) is 35.5 Å². The Kier molecular flexibility index (Phi) is 8.00. The number of pyridine rings is 1. The largest absolute Gasteiger partial charge is 0.492 e. The molecule has 4 saturated carbocycles. The van der Waals surface area contributed by atoms with Crippen molar-refractivity contribution in [3.05, 3.63) is 77.9 Å². The normalized spacial score (nSPS) is 25.4. The number of piperazine rings is 1. The standard InChI is InChI=1S/C37H43FN4O3/c1-3-45-32-17-30(22-39-23-32)33-9-6-29(18-34(33)38)36(44)42-12-10-41(11-13-42)31-7-4-28(5-8-31)35(43)40(2)24-37-19-25-14-26(20-37)16-27(15-25)21-37/h4-9,17-18,22-23,25-27H,3,10-16,19-21,24H2,1-2H3. The van der Waals surface area contributed by atoms with Gasteiger partial charge in [-0.3, -0.25) is 14.6 Å². The van der Waals surface area contributed by atoms with Gasteiger partial charge in [0.15, 0.2) is 0 Å². The summed E-state index contributed by atoms with van der Waals surface area (Å²) in [7, 11) is 1.97. The maximum absolute atomic E-state index is 15.1. The van der Waals surface area contributed by atoms with Crippen LogP contribution in [0.1, 0.15) is 66.2 Å². The summed E-state index contributed by atoms with van der Waals surface area (Å²) < 4.78 is 20.6. The van der Waals surface area contributed by atoms with Crippen molar-refractivity contribution < 1.29 is 18.7 Å². The molecule has 4 bridgehead atoms. The summed E-state index contributed by atoms with van der Waals surface area (Å²) in [5.41, 5.74) is 3.42. The first-order chi connectivity index (χ1) is 21.8. The van der Waals surface area contributed by atoms with Crippen LogP contribution in [0.2, 0.25) is 0 Å². The van der Waals surface area contributed by atoms with Crippen molar-refractivity contribution in [3.63, 3.8) is 0 Å². The monoisotopic (exact) mass is 610 g/mol. The van der Waals surface area contributed by atoms with Gasteiger partial charge in [-0.1, -0.05) is 6.07 Å². The minimum atomic E-state index is -0.465. The molecule has 4 aliphatic carbocycles. The average molecular weight is 611 g/mol. The molecule has 0 N–H and O–H groups in total. The maximum Gasteiger partial charge on any atom is 0.254 e. The Balaban J connectivity index is 0.937. The minimum Gasteiger partial charge on any atom is -0.492 e.